The largest absolute Gasteiger partial charge is 0.479 e. The molecule has 14 heavy (non-hydrogen) atoms. The quantitative estimate of drug-likeness (QED) is 0.515. The van der Waals surface area contributed by atoms with Crippen molar-refractivity contribution >= 4 is 30.8 Å². The van der Waals surface area contributed by atoms with E-state index in [4.69, 9.17) is 15.3 Å². The van der Waals surface area contributed by atoms with Crippen molar-refractivity contribution in [2.45, 2.75) is 12.5 Å². The Bertz CT molecular complexity index is 265. The van der Waals surface area contributed by atoms with Crippen molar-refractivity contribution < 1.29 is 29.7 Å². The highest BCUT2D eigenvalue weighted by Crippen LogP contribution is 2.17. The molecule has 0 aromatic heterocycles. The minimum atomic E-state index is -2.08. The molecule has 3 N–H and O–H groups in total. The van der Waals surface area contributed by atoms with Gasteiger partial charge < -0.3 is 15.3 Å². The van der Waals surface area contributed by atoms with Crippen LogP contribution in [0.3, 0.4) is 0 Å². The summed E-state index contributed by atoms with van der Waals surface area (Å²) in [5.41, 5.74) is -2.08. The fourth-order valence-corrected chi connectivity index (χ4v) is 1.01. The number of hydrogen-bond donors (Lipinski definition) is 4. The molecule has 0 fully saturated rings. The van der Waals surface area contributed by atoms with Gasteiger partial charge >= 0.3 is 18.2 Å². The molecule has 0 unspecified atom stereocenters. The summed E-state index contributed by atoms with van der Waals surface area (Å²) in [4.78, 5) is 31.5. The van der Waals surface area contributed by atoms with E-state index in [1.165, 1.54) is 0 Å². The first kappa shape index (κ1) is 12.6. The average molecular weight is 223 g/mol. The van der Waals surface area contributed by atoms with E-state index in [0.29, 0.717) is 0 Å². The van der Waals surface area contributed by atoms with Crippen molar-refractivity contribution in [3.05, 3.63) is 0 Å². The van der Waals surface area contributed by atoms with Gasteiger partial charge in [-0.2, -0.15) is 17.5 Å². The maximum absolute atomic E-state index is 10.7. The summed E-state index contributed by atoms with van der Waals surface area (Å²) < 4.78 is 0. The number of rotatable bonds is 3. The van der Waals surface area contributed by atoms with E-state index in [9.17, 15) is 14.4 Å². The maximum Gasteiger partial charge on any atom is 0.417 e. The molecule has 0 aromatic rings. The number of carbonyl (C=O) groups is 3. The zero-order chi connectivity index (χ0) is 11.5. The molecule has 0 heterocycles. The molecule has 7 nitrogen and oxygen atoms in total. The third-order valence-electron chi connectivity index (χ3n) is 1.64. The van der Waals surface area contributed by atoms with Gasteiger partial charge in [0.15, 0.2) is 5.54 Å². The number of imide groups is 1. The predicted molar refractivity (Wildman–Crippen MR) is 47.8 cm³/mol. The molecule has 8 heteroatoms. The molecular weight excluding hydrogens is 214 g/mol. The Morgan fingerprint density at radius 3 is 1.64 bits per heavy atom. The Kier molecular flexibility index (Phi) is 3.75. The predicted octanol–water partition coefficient (Wildman–Crippen LogP) is 0.417. The second kappa shape index (κ2) is 4.18. The van der Waals surface area contributed by atoms with Crippen molar-refractivity contribution in [2.75, 3.05) is 5.75 Å². The van der Waals surface area contributed by atoms with Gasteiger partial charge in [0, 0.05) is 5.75 Å². The Labute approximate surface area is 84.3 Å². The first-order chi connectivity index (χ1) is 6.27. The van der Waals surface area contributed by atoms with Gasteiger partial charge in [-0.3, -0.25) is 0 Å². The molecule has 0 bridgehead atoms. The van der Waals surface area contributed by atoms with Gasteiger partial charge in [0.25, 0.3) is 0 Å². The monoisotopic (exact) mass is 223 g/mol. The Hall–Kier alpha value is -1.44. The van der Waals surface area contributed by atoms with Crippen molar-refractivity contribution in [2.24, 2.45) is 0 Å². The highest BCUT2D eigenvalue weighted by Gasteiger charge is 2.45. The van der Waals surface area contributed by atoms with E-state index in [-0.39, 0.29) is 4.90 Å². The van der Waals surface area contributed by atoms with Crippen LogP contribution in [0.1, 0.15) is 6.92 Å². The summed E-state index contributed by atoms with van der Waals surface area (Å²) in [7, 11) is 0. The SMILES string of the molecule is C[C@](CS)(C(=O)O)N(C(=O)O)C(=O)O. The molecule has 0 aliphatic carbocycles. The second-order valence-corrected chi connectivity index (χ2v) is 2.95. The number of amides is 2. The number of hydrogen-bond acceptors (Lipinski definition) is 4. The summed E-state index contributed by atoms with van der Waals surface area (Å²) in [6.07, 6.45) is -3.70. The van der Waals surface area contributed by atoms with Crippen LogP contribution in [0.25, 0.3) is 0 Å². The Morgan fingerprint density at radius 1 is 1.21 bits per heavy atom. The third-order valence-corrected chi connectivity index (χ3v) is 2.26. The van der Waals surface area contributed by atoms with Gasteiger partial charge in [0.05, 0.1) is 0 Å². The van der Waals surface area contributed by atoms with E-state index < -0.39 is 29.4 Å². The van der Waals surface area contributed by atoms with Gasteiger partial charge in [0.1, 0.15) is 0 Å². The molecular formula is C6H9NO6S. The van der Waals surface area contributed by atoms with Gasteiger partial charge in [-0.05, 0) is 6.92 Å². The van der Waals surface area contributed by atoms with Crippen LogP contribution in [-0.4, -0.2) is 49.7 Å². The van der Waals surface area contributed by atoms with Gasteiger partial charge in [-0.25, -0.2) is 14.4 Å². The summed E-state index contributed by atoms with van der Waals surface area (Å²) in [6, 6.07) is 0. The normalized spacial score (nSPS) is 14.1. The Morgan fingerprint density at radius 2 is 1.57 bits per heavy atom. The summed E-state index contributed by atoms with van der Waals surface area (Å²) in [5.74, 6) is -2.02. The van der Waals surface area contributed by atoms with Crippen LogP contribution in [0, 0.1) is 0 Å². The van der Waals surface area contributed by atoms with Crippen molar-refractivity contribution in [3.8, 4) is 0 Å². The van der Waals surface area contributed by atoms with Gasteiger partial charge in [0.2, 0.25) is 0 Å². The molecule has 0 rings (SSSR count). The average Bonchev–Trinajstić information content (AvgIpc) is 2.02. The zero-order valence-electron chi connectivity index (χ0n) is 7.17. The Balaban J connectivity index is 5.25. The molecule has 2 amide bonds. The second-order valence-electron chi connectivity index (χ2n) is 2.64. The van der Waals surface area contributed by atoms with E-state index in [0.717, 1.165) is 6.92 Å². The van der Waals surface area contributed by atoms with Gasteiger partial charge in [-0.15, -0.1) is 0 Å². The lowest BCUT2D eigenvalue weighted by Gasteiger charge is -2.30. The van der Waals surface area contributed by atoms with Crippen LogP contribution in [0.5, 0.6) is 0 Å². The third kappa shape index (κ3) is 2.08. The van der Waals surface area contributed by atoms with Crippen LogP contribution >= 0.6 is 12.6 Å². The van der Waals surface area contributed by atoms with Crippen LogP contribution in [-0.2, 0) is 4.79 Å². The molecule has 0 aliphatic heterocycles. The van der Waals surface area contributed by atoms with Crippen LogP contribution in [0.2, 0.25) is 0 Å². The molecule has 1 atom stereocenters. The molecule has 80 valence electrons. The van der Waals surface area contributed by atoms with E-state index in [1.54, 1.807) is 0 Å². The topological polar surface area (TPSA) is 115 Å². The minimum Gasteiger partial charge on any atom is -0.479 e. The molecule has 0 saturated heterocycles. The smallest absolute Gasteiger partial charge is 0.417 e. The van der Waals surface area contributed by atoms with Crippen LogP contribution in [0.15, 0.2) is 0 Å². The first-order valence-electron chi connectivity index (χ1n) is 3.37. The fraction of sp³-hybridized carbons (Fsp3) is 0.500. The first-order valence-corrected chi connectivity index (χ1v) is 4.01. The summed E-state index contributed by atoms with van der Waals surface area (Å²) in [6.45, 7) is 0.963. The van der Waals surface area contributed by atoms with Crippen LogP contribution < -0.4 is 0 Å². The van der Waals surface area contributed by atoms with E-state index in [2.05, 4.69) is 12.6 Å². The molecule has 0 aliphatic rings. The highest BCUT2D eigenvalue weighted by atomic mass is 32.1. The minimum absolute atomic E-state index is 0.192. The van der Waals surface area contributed by atoms with E-state index in [1.807, 2.05) is 0 Å². The van der Waals surface area contributed by atoms with Crippen molar-refractivity contribution in [1.29, 1.82) is 0 Å². The molecule has 0 radical (unpaired) electrons. The lowest BCUT2D eigenvalue weighted by Crippen LogP contribution is -2.58. The lowest BCUT2D eigenvalue weighted by molar-refractivity contribution is -0.146. The number of thiol groups is 1. The van der Waals surface area contributed by atoms with E-state index >= 15 is 0 Å². The summed E-state index contributed by atoms with van der Waals surface area (Å²) in [5, 5.41) is 25.7. The number of nitrogens with zero attached hydrogens (tertiary/aromatic N) is 1. The maximum atomic E-state index is 10.7. The summed E-state index contributed by atoms with van der Waals surface area (Å²) >= 11 is 3.62. The number of aliphatic carboxylic acids is 1. The molecule has 0 saturated carbocycles. The lowest BCUT2D eigenvalue weighted by atomic mass is 10.0. The fourth-order valence-electron chi connectivity index (χ4n) is 0.738. The van der Waals surface area contributed by atoms with Gasteiger partial charge in [-0.1, -0.05) is 0 Å². The zero-order valence-corrected chi connectivity index (χ0v) is 8.06. The standard InChI is InChI=1S/C6H9NO6S/c1-6(2-14,3(8)9)7(4(10)11)5(12)13/h14H,2H2,1H3,(H,8,9)(H,10,11)(H,12,13)/t6-/m0/s1. The van der Waals surface area contributed by atoms with Crippen molar-refractivity contribution in [1.82, 2.24) is 4.90 Å². The van der Waals surface area contributed by atoms with Crippen LogP contribution in [0.4, 0.5) is 9.59 Å². The number of carboxylic acid groups (broad SMARTS) is 3. The molecule has 0 aromatic carbocycles. The van der Waals surface area contributed by atoms with Crippen molar-refractivity contribution in [3.63, 3.8) is 0 Å². The number of carboxylic acids is 1. The molecule has 0 spiro atoms. The highest BCUT2D eigenvalue weighted by molar-refractivity contribution is 7.80.